The Morgan fingerprint density at radius 2 is 1.13 bits per heavy atom. The molecule has 2 amide bonds. The van der Waals surface area contributed by atoms with Crippen LogP contribution in [0.2, 0.25) is 0 Å². The van der Waals surface area contributed by atoms with Crippen molar-refractivity contribution >= 4 is 34.5 Å². The molecule has 2 aromatic carbocycles. The molecule has 9 rings (SSSR count). The van der Waals surface area contributed by atoms with E-state index in [0.717, 1.165) is 56.1 Å². The maximum absolute atomic E-state index is 12.3. The highest BCUT2D eigenvalue weighted by molar-refractivity contribution is 5.93. The summed E-state index contributed by atoms with van der Waals surface area (Å²) in [6.07, 6.45) is 13.1. The van der Waals surface area contributed by atoms with E-state index in [1.165, 1.54) is 31.7 Å². The molecule has 1 aliphatic carbocycles. The van der Waals surface area contributed by atoms with Gasteiger partial charge < -0.3 is 10.6 Å². The fraction of sp³-hybridized carbons (Fsp3) is 0.119. The summed E-state index contributed by atoms with van der Waals surface area (Å²) < 4.78 is 3.44. The summed E-state index contributed by atoms with van der Waals surface area (Å²) >= 11 is 0. The van der Waals surface area contributed by atoms with Gasteiger partial charge in [0.05, 0.1) is 36.6 Å². The van der Waals surface area contributed by atoms with Crippen LogP contribution in [0.1, 0.15) is 41.3 Å². The lowest BCUT2D eigenvalue weighted by Gasteiger charge is -2.07. The second-order valence-electron chi connectivity index (χ2n) is 13.1. The molecule has 0 atom stereocenters. The maximum Gasteiger partial charge on any atom is 0.228 e. The Labute approximate surface area is 315 Å². The van der Waals surface area contributed by atoms with Gasteiger partial charge in [0.15, 0.2) is 11.3 Å². The van der Waals surface area contributed by atoms with Gasteiger partial charge in [-0.2, -0.15) is 15.5 Å². The average molecular weight is 724 g/mol. The number of carbonyl (C=O) groups excluding carboxylic acids is 2. The zero-order valence-electron chi connectivity index (χ0n) is 29.4. The Bertz CT molecular complexity index is 2640. The molecular weight excluding hydrogens is 691 g/mol. The normalized spacial score (nSPS) is 12.1. The predicted molar refractivity (Wildman–Crippen MR) is 207 cm³/mol. The molecule has 0 aliphatic heterocycles. The van der Waals surface area contributed by atoms with Gasteiger partial charge in [-0.05, 0) is 94.8 Å². The molecule has 2 N–H and O–H groups in total. The molecule has 0 bridgehead atoms. The van der Waals surface area contributed by atoms with Crippen molar-refractivity contribution in [1.29, 1.82) is 5.26 Å². The number of anilines is 2. The van der Waals surface area contributed by atoms with E-state index in [0.29, 0.717) is 23.7 Å². The number of benzene rings is 2. The van der Waals surface area contributed by atoms with Crippen LogP contribution in [-0.4, -0.2) is 51.0 Å². The van der Waals surface area contributed by atoms with E-state index in [9.17, 15) is 9.59 Å². The molecule has 0 unspecified atom stereocenters. The van der Waals surface area contributed by atoms with Crippen molar-refractivity contribution in [1.82, 2.24) is 39.2 Å². The van der Waals surface area contributed by atoms with Crippen molar-refractivity contribution in [2.45, 2.75) is 31.6 Å². The summed E-state index contributed by atoms with van der Waals surface area (Å²) in [5, 5.41) is 22.6. The fourth-order valence-corrected chi connectivity index (χ4v) is 6.03. The van der Waals surface area contributed by atoms with Crippen LogP contribution in [0.4, 0.5) is 11.4 Å². The zero-order chi connectivity index (χ0) is 37.6. The Morgan fingerprint density at radius 1 is 0.618 bits per heavy atom. The average Bonchev–Trinajstić information content (AvgIpc) is 3.76. The Kier molecular flexibility index (Phi) is 9.76. The molecule has 268 valence electrons. The number of carbonyl (C=O) groups is 2. The number of nitrogens with zero attached hydrogens (tertiary/aromatic N) is 9. The van der Waals surface area contributed by atoms with Crippen LogP contribution in [0.3, 0.4) is 0 Å². The van der Waals surface area contributed by atoms with Gasteiger partial charge in [0.25, 0.3) is 0 Å². The van der Waals surface area contributed by atoms with E-state index in [4.69, 9.17) is 5.26 Å². The van der Waals surface area contributed by atoms with Gasteiger partial charge in [0, 0.05) is 24.0 Å². The summed E-state index contributed by atoms with van der Waals surface area (Å²) in [5.41, 5.74) is 10.4. The van der Waals surface area contributed by atoms with E-state index in [-0.39, 0.29) is 18.2 Å². The van der Waals surface area contributed by atoms with E-state index < -0.39 is 0 Å². The van der Waals surface area contributed by atoms with E-state index >= 15 is 0 Å². The monoisotopic (exact) mass is 723 g/mol. The molecular formula is C42H33N11O2. The zero-order valence-corrected chi connectivity index (χ0v) is 29.4. The molecule has 55 heavy (non-hydrogen) atoms. The fourth-order valence-electron chi connectivity index (χ4n) is 6.03. The number of nitriles is 1. The highest BCUT2D eigenvalue weighted by atomic mass is 16.2. The number of hydrogen-bond donors (Lipinski definition) is 2. The summed E-state index contributed by atoms with van der Waals surface area (Å²) in [5.74, 6) is 0.437. The first kappa shape index (κ1) is 34.5. The van der Waals surface area contributed by atoms with Gasteiger partial charge in [0.1, 0.15) is 24.4 Å². The summed E-state index contributed by atoms with van der Waals surface area (Å²) in [6, 6.07) is 32.9. The number of hydrogen-bond acceptors (Lipinski definition) is 9. The smallest absolute Gasteiger partial charge is 0.228 e. The molecule has 8 aromatic rings. The number of aromatic nitrogens is 8. The second kappa shape index (κ2) is 15.6. The van der Waals surface area contributed by atoms with Gasteiger partial charge >= 0.3 is 0 Å². The van der Waals surface area contributed by atoms with Gasteiger partial charge in [-0.15, -0.1) is 0 Å². The standard InChI is InChI=1S/C22H19N5O.C20H14N6O/c28-22(26-19-7-8-20(23-13-19)17-5-6-17)11-15-1-3-16(4-2-15)18-9-10-27-21(12-18)24-14-25-27;21-11-17-5-6-18(12-22-17)25-20(27)9-14-1-3-15(4-2-14)16-7-8-26-19(10-16)23-13-24-26/h1-4,7-10,12-14,17H,5-6,11H2,(H,26,28);1-8,10,12-13H,9H2,(H,25,27). The third-order valence-electron chi connectivity index (χ3n) is 9.09. The number of amides is 2. The molecule has 0 radical (unpaired) electrons. The first-order chi connectivity index (χ1) is 27.0. The molecule has 6 aromatic heterocycles. The predicted octanol–water partition coefficient (Wildman–Crippen LogP) is 6.69. The van der Waals surface area contributed by atoms with Crippen LogP contribution < -0.4 is 10.6 Å². The summed E-state index contributed by atoms with van der Waals surface area (Å²) in [4.78, 5) is 41.3. The third kappa shape index (κ3) is 8.56. The van der Waals surface area contributed by atoms with Crippen molar-refractivity contribution in [2.75, 3.05) is 10.6 Å². The highest BCUT2D eigenvalue weighted by Crippen LogP contribution is 2.39. The van der Waals surface area contributed by atoms with Gasteiger partial charge in [-0.25, -0.2) is 24.0 Å². The third-order valence-corrected chi connectivity index (χ3v) is 9.09. The quantitative estimate of drug-likeness (QED) is 0.165. The lowest BCUT2D eigenvalue weighted by molar-refractivity contribution is -0.116. The minimum Gasteiger partial charge on any atom is -0.324 e. The molecule has 0 saturated heterocycles. The van der Waals surface area contributed by atoms with Crippen molar-refractivity contribution in [3.8, 4) is 28.3 Å². The molecule has 6 heterocycles. The lowest BCUT2D eigenvalue weighted by Crippen LogP contribution is -2.14. The Morgan fingerprint density at radius 3 is 1.56 bits per heavy atom. The number of pyridine rings is 4. The molecule has 1 saturated carbocycles. The minimum atomic E-state index is -0.140. The van der Waals surface area contributed by atoms with Gasteiger partial charge in [-0.1, -0.05) is 48.5 Å². The van der Waals surface area contributed by atoms with Crippen LogP contribution in [-0.2, 0) is 22.4 Å². The second-order valence-corrected chi connectivity index (χ2v) is 13.1. The van der Waals surface area contributed by atoms with Crippen molar-refractivity contribution in [2.24, 2.45) is 0 Å². The molecule has 1 aliphatic rings. The van der Waals surface area contributed by atoms with Crippen LogP contribution >= 0.6 is 0 Å². The Hall–Kier alpha value is -7.59. The van der Waals surface area contributed by atoms with Crippen molar-refractivity contribution in [3.63, 3.8) is 0 Å². The molecule has 13 heteroatoms. The van der Waals surface area contributed by atoms with Crippen LogP contribution in [0.5, 0.6) is 0 Å². The number of nitrogens with one attached hydrogen (secondary N) is 2. The molecule has 0 spiro atoms. The number of rotatable bonds is 9. The van der Waals surface area contributed by atoms with Crippen molar-refractivity contribution < 1.29 is 9.59 Å². The number of fused-ring (bicyclic) bond motifs is 2. The van der Waals surface area contributed by atoms with Crippen LogP contribution in [0.25, 0.3) is 33.5 Å². The summed E-state index contributed by atoms with van der Waals surface area (Å²) in [7, 11) is 0. The van der Waals surface area contributed by atoms with Gasteiger partial charge in [-0.3, -0.25) is 14.6 Å². The van der Waals surface area contributed by atoms with Crippen LogP contribution in [0, 0.1) is 11.3 Å². The Balaban J connectivity index is 0.000000155. The largest absolute Gasteiger partial charge is 0.324 e. The van der Waals surface area contributed by atoms with E-state index in [1.54, 1.807) is 27.4 Å². The highest BCUT2D eigenvalue weighted by Gasteiger charge is 2.24. The lowest BCUT2D eigenvalue weighted by atomic mass is 10.0. The first-order valence-electron chi connectivity index (χ1n) is 17.6. The van der Waals surface area contributed by atoms with Crippen molar-refractivity contribution in [3.05, 3.63) is 157 Å². The molecule has 13 nitrogen and oxygen atoms in total. The maximum atomic E-state index is 12.3. The SMILES string of the molecule is N#Cc1ccc(NC(=O)Cc2ccc(-c3ccn4ncnc4c3)cc2)cn1.O=C(Cc1ccc(-c2ccn3ncnc3c2)cc1)Nc1ccc(C2CC2)nc1. The molecule has 1 fully saturated rings. The van der Waals surface area contributed by atoms with Crippen LogP contribution in [0.15, 0.2) is 135 Å². The summed E-state index contributed by atoms with van der Waals surface area (Å²) in [6.45, 7) is 0. The van der Waals surface area contributed by atoms with E-state index in [1.807, 2.05) is 103 Å². The topological polar surface area (TPSA) is 168 Å². The van der Waals surface area contributed by atoms with Gasteiger partial charge in [0.2, 0.25) is 11.8 Å². The first-order valence-corrected chi connectivity index (χ1v) is 17.6. The van der Waals surface area contributed by atoms with E-state index in [2.05, 4.69) is 40.8 Å². The minimum absolute atomic E-state index is 0.0430.